The van der Waals surface area contributed by atoms with Gasteiger partial charge in [0.2, 0.25) is 0 Å². The standard InChI is InChI=1S/C18H31/c1-3-5-7-9-11-13-15-17-18-16-14-12-10-8-6-4-2/h8,10,14-17H,1,3-7,9,11-13,18H2,2H3/b10-8+,16-14+,17-15+. The zero-order chi connectivity index (χ0) is 13.3. The van der Waals surface area contributed by atoms with E-state index in [1.807, 2.05) is 0 Å². The van der Waals surface area contributed by atoms with E-state index in [2.05, 4.69) is 50.3 Å². The first-order valence-electron chi connectivity index (χ1n) is 7.66. The lowest BCUT2D eigenvalue weighted by molar-refractivity contribution is 0.651. The fourth-order valence-electron chi connectivity index (χ4n) is 1.74. The van der Waals surface area contributed by atoms with Crippen LogP contribution in [0, 0.1) is 6.92 Å². The van der Waals surface area contributed by atoms with Gasteiger partial charge in [0.1, 0.15) is 0 Å². The minimum atomic E-state index is 1.08. The molecule has 0 heteroatoms. The van der Waals surface area contributed by atoms with Gasteiger partial charge in [-0.05, 0) is 32.1 Å². The van der Waals surface area contributed by atoms with Crippen LogP contribution in [0.1, 0.15) is 71.1 Å². The Bertz CT molecular complexity index is 220. The molecule has 0 bridgehead atoms. The molecule has 0 atom stereocenters. The second-order valence-corrected chi connectivity index (χ2v) is 4.73. The van der Waals surface area contributed by atoms with Crippen LogP contribution in [0.25, 0.3) is 0 Å². The molecule has 0 saturated carbocycles. The quantitative estimate of drug-likeness (QED) is 0.276. The number of hydrogen-bond donors (Lipinski definition) is 0. The van der Waals surface area contributed by atoms with E-state index < -0.39 is 0 Å². The molecule has 0 aromatic rings. The Labute approximate surface area is 115 Å². The van der Waals surface area contributed by atoms with Crippen LogP contribution in [0.3, 0.4) is 0 Å². The molecule has 0 nitrogen and oxygen atoms in total. The lowest BCUT2D eigenvalue weighted by Crippen LogP contribution is -1.75. The highest BCUT2D eigenvalue weighted by atomic mass is 13.9. The van der Waals surface area contributed by atoms with Gasteiger partial charge in [-0.2, -0.15) is 0 Å². The third kappa shape index (κ3) is 15.2. The Morgan fingerprint density at radius 3 is 1.83 bits per heavy atom. The molecule has 0 aliphatic carbocycles. The molecule has 0 fully saturated rings. The smallest absolute Gasteiger partial charge is 0.0169 e. The highest BCUT2D eigenvalue weighted by molar-refractivity contribution is 4.97. The number of hydrogen-bond acceptors (Lipinski definition) is 0. The van der Waals surface area contributed by atoms with Crippen molar-refractivity contribution in [2.45, 2.75) is 71.1 Å². The van der Waals surface area contributed by atoms with E-state index in [1.54, 1.807) is 0 Å². The summed E-state index contributed by atoms with van der Waals surface area (Å²) in [6.07, 6.45) is 25.9. The van der Waals surface area contributed by atoms with Gasteiger partial charge in [-0.3, -0.25) is 0 Å². The summed E-state index contributed by atoms with van der Waals surface area (Å²) in [7, 11) is 0. The van der Waals surface area contributed by atoms with Crippen molar-refractivity contribution in [1.82, 2.24) is 0 Å². The molecule has 0 spiro atoms. The van der Waals surface area contributed by atoms with E-state index >= 15 is 0 Å². The molecule has 18 heavy (non-hydrogen) atoms. The Hall–Kier alpha value is -0.780. The average molecular weight is 247 g/mol. The van der Waals surface area contributed by atoms with Crippen molar-refractivity contribution < 1.29 is 0 Å². The van der Waals surface area contributed by atoms with Gasteiger partial charge in [-0.1, -0.05) is 82.4 Å². The third-order valence-electron chi connectivity index (χ3n) is 2.87. The molecule has 0 aromatic heterocycles. The first-order valence-corrected chi connectivity index (χ1v) is 7.66. The van der Waals surface area contributed by atoms with Crippen LogP contribution in [-0.4, -0.2) is 0 Å². The van der Waals surface area contributed by atoms with Crippen LogP contribution < -0.4 is 0 Å². The van der Waals surface area contributed by atoms with Crippen molar-refractivity contribution in [3.63, 3.8) is 0 Å². The molecular formula is C18H31. The zero-order valence-electron chi connectivity index (χ0n) is 12.2. The molecule has 0 aliphatic heterocycles. The second-order valence-electron chi connectivity index (χ2n) is 4.73. The lowest BCUT2D eigenvalue weighted by atomic mass is 10.1. The van der Waals surface area contributed by atoms with E-state index in [0.29, 0.717) is 0 Å². The van der Waals surface area contributed by atoms with Gasteiger partial charge < -0.3 is 0 Å². The van der Waals surface area contributed by atoms with Crippen molar-refractivity contribution in [2.24, 2.45) is 0 Å². The van der Waals surface area contributed by atoms with Crippen molar-refractivity contribution in [2.75, 3.05) is 0 Å². The van der Waals surface area contributed by atoms with Crippen LogP contribution in [-0.2, 0) is 0 Å². The molecule has 0 aliphatic rings. The number of allylic oxidation sites excluding steroid dienone is 6. The van der Waals surface area contributed by atoms with Gasteiger partial charge in [0, 0.05) is 0 Å². The zero-order valence-corrected chi connectivity index (χ0v) is 12.2. The van der Waals surface area contributed by atoms with Crippen molar-refractivity contribution in [3.8, 4) is 0 Å². The van der Waals surface area contributed by atoms with Crippen LogP contribution >= 0.6 is 0 Å². The van der Waals surface area contributed by atoms with E-state index in [1.165, 1.54) is 44.9 Å². The van der Waals surface area contributed by atoms with E-state index in [0.717, 1.165) is 19.3 Å². The van der Waals surface area contributed by atoms with Crippen molar-refractivity contribution in [3.05, 3.63) is 43.4 Å². The molecule has 103 valence electrons. The van der Waals surface area contributed by atoms with Gasteiger partial charge in [0.05, 0.1) is 0 Å². The van der Waals surface area contributed by atoms with Gasteiger partial charge in [0.25, 0.3) is 0 Å². The summed E-state index contributed by atoms with van der Waals surface area (Å²) in [5.41, 5.74) is 0. The molecule has 0 heterocycles. The predicted octanol–water partition coefficient (Wildman–Crippen LogP) is 6.41. The second kappa shape index (κ2) is 16.2. The first kappa shape index (κ1) is 17.2. The third-order valence-corrected chi connectivity index (χ3v) is 2.87. The summed E-state index contributed by atoms with van der Waals surface area (Å²) in [4.78, 5) is 0. The molecule has 0 amide bonds. The molecule has 1 radical (unpaired) electrons. The fourth-order valence-corrected chi connectivity index (χ4v) is 1.74. The molecule has 0 saturated heterocycles. The monoisotopic (exact) mass is 247 g/mol. The van der Waals surface area contributed by atoms with Gasteiger partial charge in [0.15, 0.2) is 0 Å². The minimum Gasteiger partial charge on any atom is -0.0882 e. The van der Waals surface area contributed by atoms with Gasteiger partial charge in [-0.25, -0.2) is 0 Å². The molecule has 0 aromatic carbocycles. The number of unbranched alkanes of at least 4 members (excludes halogenated alkanes) is 6. The van der Waals surface area contributed by atoms with E-state index in [4.69, 9.17) is 0 Å². The molecule has 0 N–H and O–H groups in total. The summed E-state index contributed by atoms with van der Waals surface area (Å²) in [6, 6.07) is 0. The van der Waals surface area contributed by atoms with Crippen LogP contribution in [0.5, 0.6) is 0 Å². The average Bonchev–Trinajstić information content (AvgIpc) is 2.39. The van der Waals surface area contributed by atoms with Crippen LogP contribution in [0.4, 0.5) is 0 Å². The lowest BCUT2D eigenvalue weighted by Gasteiger charge is -1.95. The summed E-state index contributed by atoms with van der Waals surface area (Å²) in [6.45, 7) is 6.07. The Kier molecular flexibility index (Phi) is 15.5. The largest absolute Gasteiger partial charge is 0.0882 e. The summed E-state index contributed by atoms with van der Waals surface area (Å²) < 4.78 is 0. The maximum absolute atomic E-state index is 3.86. The Morgan fingerprint density at radius 2 is 1.22 bits per heavy atom. The predicted molar refractivity (Wildman–Crippen MR) is 84.6 cm³/mol. The van der Waals surface area contributed by atoms with Crippen LogP contribution in [0.2, 0.25) is 0 Å². The maximum Gasteiger partial charge on any atom is -0.0169 e. The maximum atomic E-state index is 3.86. The van der Waals surface area contributed by atoms with Crippen molar-refractivity contribution in [1.29, 1.82) is 0 Å². The number of rotatable bonds is 12. The minimum absolute atomic E-state index is 1.08. The topological polar surface area (TPSA) is 0 Å². The normalized spacial score (nSPS) is 12.3. The van der Waals surface area contributed by atoms with Crippen LogP contribution in [0.15, 0.2) is 36.5 Å². The van der Waals surface area contributed by atoms with Crippen molar-refractivity contribution >= 4 is 0 Å². The highest BCUT2D eigenvalue weighted by Crippen LogP contribution is 2.05. The molecule has 0 unspecified atom stereocenters. The fraction of sp³-hybridized carbons (Fsp3) is 0.611. The summed E-state index contributed by atoms with van der Waals surface area (Å²) in [5.74, 6) is 0. The summed E-state index contributed by atoms with van der Waals surface area (Å²) in [5, 5.41) is 0. The SMILES string of the molecule is [CH2]CCCCCC/C=C/C/C=C/C/C=C/CCC. The summed E-state index contributed by atoms with van der Waals surface area (Å²) >= 11 is 0. The van der Waals surface area contributed by atoms with Gasteiger partial charge in [-0.15, -0.1) is 0 Å². The Morgan fingerprint density at radius 1 is 0.667 bits per heavy atom. The van der Waals surface area contributed by atoms with Gasteiger partial charge >= 0.3 is 0 Å². The highest BCUT2D eigenvalue weighted by Gasteiger charge is 1.85. The Balaban J connectivity index is 3.24. The van der Waals surface area contributed by atoms with E-state index in [9.17, 15) is 0 Å². The first-order chi connectivity index (χ1) is 8.91. The molecule has 0 rings (SSSR count). The molecular weight excluding hydrogens is 216 g/mol. The van der Waals surface area contributed by atoms with E-state index in [-0.39, 0.29) is 0 Å².